The van der Waals surface area contributed by atoms with Gasteiger partial charge < -0.3 is 29.6 Å². The lowest BCUT2D eigenvalue weighted by Gasteiger charge is -2.46. The molecule has 0 bridgehead atoms. The Balaban J connectivity index is 1.42. The van der Waals surface area contributed by atoms with Gasteiger partial charge in [0, 0.05) is 24.7 Å². The van der Waals surface area contributed by atoms with Crippen LogP contribution in [0.15, 0.2) is 25.3 Å². The van der Waals surface area contributed by atoms with Gasteiger partial charge in [-0.05, 0) is 93.3 Å². The van der Waals surface area contributed by atoms with Gasteiger partial charge in [0.05, 0.1) is 13.2 Å². The van der Waals surface area contributed by atoms with E-state index in [1.165, 1.54) is 6.08 Å². The van der Waals surface area contributed by atoms with E-state index < -0.39 is 36.3 Å². The molecule has 0 radical (unpaired) electrons. The van der Waals surface area contributed by atoms with E-state index in [1.54, 1.807) is 0 Å². The summed E-state index contributed by atoms with van der Waals surface area (Å²) in [5.74, 6) is -0.264. The largest absolute Gasteiger partial charge is 0.462 e. The van der Waals surface area contributed by atoms with Crippen LogP contribution in [0.1, 0.15) is 91.4 Å². The Morgan fingerprint density at radius 1 is 0.762 bits per heavy atom. The van der Waals surface area contributed by atoms with Crippen LogP contribution in [0.5, 0.6) is 0 Å². The summed E-state index contributed by atoms with van der Waals surface area (Å²) in [6.07, 6.45) is 9.64. The first-order valence-corrected chi connectivity index (χ1v) is 15.4. The maximum absolute atomic E-state index is 12.9. The fourth-order valence-corrected chi connectivity index (χ4v) is 7.09. The van der Waals surface area contributed by atoms with Crippen LogP contribution in [0.2, 0.25) is 0 Å². The van der Waals surface area contributed by atoms with Crippen molar-refractivity contribution in [1.29, 1.82) is 0 Å². The maximum atomic E-state index is 12.9. The molecule has 0 aromatic rings. The van der Waals surface area contributed by atoms with Crippen molar-refractivity contribution in [3.8, 4) is 0 Å². The lowest BCUT2D eigenvalue weighted by atomic mass is 9.62. The molecular weight excluding hydrogens is 540 g/mol. The normalized spacial score (nSPS) is 30.6. The van der Waals surface area contributed by atoms with Crippen LogP contribution in [-0.4, -0.2) is 62.1 Å². The highest BCUT2D eigenvalue weighted by molar-refractivity contribution is 5.81. The lowest BCUT2D eigenvalue weighted by molar-refractivity contribution is -0.151. The molecule has 4 atom stereocenters. The standard InChI is InChI=1S/C32H50N2O8/c1-6-27(35)39-18-22-12-14-23(15-13-22)19-40-29(37)33-21-32(5)17-24(16-31(3,4)20-32)34-30(38)42-26-11-9-8-10-25(26)41-28(36)7-2/h6-7,22-26H,1-2,8-21H2,3-5H3,(H,33,37)(H,34,38). The third-order valence-corrected chi connectivity index (χ3v) is 8.80. The summed E-state index contributed by atoms with van der Waals surface area (Å²) in [5, 5.41) is 6.00. The van der Waals surface area contributed by atoms with E-state index in [-0.39, 0.29) is 16.9 Å². The minimum atomic E-state index is -0.511. The fraction of sp³-hybridized carbons (Fsp3) is 0.750. The van der Waals surface area contributed by atoms with E-state index in [1.807, 2.05) is 0 Å². The molecule has 3 fully saturated rings. The van der Waals surface area contributed by atoms with E-state index in [0.717, 1.165) is 57.4 Å². The van der Waals surface area contributed by atoms with Gasteiger partial charge in [-0.1, -0.05) is 33.9 Å². The molecule has 3 aliphatic rings. The summed E-state index contributed by atoms with van der Waals surface area (Å²) in [6, 6.07) is -0.122. The van der Waals surface area contributed by atoms with E-state index in [4.69, 9.17) is 18.9 Å². The lowest BCUT2D eigenvalue weighted by Crippen LogP contribution is -2.51. The van der Waals surface area contributed by atoms with E-state index in [9.17, 15) is 19.2 Å². The molecule has 236 valence electrons. The second-order valence-electron chi connectivity index (χ2n) is 13.5. The molecule has 0 saturated heterocycles. The minimum absolute atomic E-state index is 0.0535. The van der Waals surface area contributed by atoms with Gasteiger partial charge in [-0.2, -0.15) is 0 Å². The Bertz CT molecular complexity index is 974. The van der Waals surface area contributed by atoms with Gasteiger partial charge in [0.1, 0.15) is 12.2 Å². The van der Waals surface area contributed by atoms with Crippen LogP contribution in [0.25, 0.3) is 0 Å². The Morgan fingerprint density at radius 3 is 1.93 bits per heavy atom. The molecule has 3 aliphatic carbocycles. The summed E-state index contributed by atoms with van der Waals surface area (Å²) in [6.45, 7) is 14.5. The van der Waals surface area contributed by atoms with Crippen molar-refractivity contribution in [3.05, 3.63) is 25.3 Å². The van der Waals surface area contributed by atoms with Crippen molar-refractivity contribution >= 4 is 24.1 Å². The van der Waals surface area contributed by atoms with Gasteiger partial charge in [-0.15, -0.1) is 0 Å². The number of hydrogen-bond acceptors (Lipinski definition) is 8. The topological polar surface area (TPSA) is 129 Å². The van der Waals surface area contributed by atoms with Gasteiger partial charge in [-0.25, -0.2) is 19.2 Å². The third kappa shape index (κ3) is 11.0. The van der Waals surface area contributed by atoms with Gasteiger partial charge in [0.25, 0.3) is 0 Å². The van der Waals surface area contributed by atoms with Crippen molar-refractivity contribution < 1.29 is 38.1 Å². The summed E-state index contributed by atoms with van der Waals surface area (Å²) in [7, 11) is 0. The van der Waals surface area contributed by atoms with E-state index in [2.05, 4.69) is 44.6 Å². The molecule has 0 aliphatic heterocycles. The summed E-state index contributed by atoms with van der Waals surface area (Å²) in [5.41, 5.74) is -0.297. The van der Waals surface area contributed by atoms with Crippen molar-refractivity contribution in [3.63, 3.8) is 0 Å². The first-order chi connectivity index (χ1) is 19.9. The minimum Gasteiger partial charge on any atom is -0.462 e. The molecule has 10 nitrogen and oxygen atoms in total. The predicted molar refractivity (Wildman–Crippen MR) is 157 cm³/mol. The second-order valence-corrected chi connectivity index (χ2v) is 13.5. The molecule has 0 heterocycles. The zero-order chi connectivity index (χ0) is 30.8. The van der Waals surface area contributed by atoms with Crippen LogP contribution in [0, 0.1) is 22.7 Å². The Hall–Kier alpha value is -3.04. The Kier molecular flexibility index (Phi) is 12.3. The molecular formula is C32H50N2O8. The first kappa shape index (κ1) is 33.5. The van der Waals surface area contributed by atoms with Crippen LogP contribution in [0.3, 0.4) is 0 Å². The van der Waals surface area contributed by atoms with Crippen molar-refractivity contribution in [2.75, 3.05) is 19.8 Å². The zero-order valence-corrected chi connectivity index (χ0v) is 25.6. The van der Waals surface area contributed by atoms with Gasteiger partial charge in [0.2, 0.25) is 0 Å². The number of hydrogen-bond donors (Lipinski definition) is 2. The molecule has 3 rings (SSSR count). The molecule has 2 N–H and O–H groups in total. The number of rotatable bonds is 11. The molecule has 10 heteroatoms. The second kappa shape index (κ2) is 15.4. The Labute approximate surface area is 250 Å². The number of carbonyl (C=O) groups is 4. The van der Waals surface area contributed by atoms with Gasteiger partial charge in [0.15, 0.2) is 0 Å². The molecule has 42 heavy (non-hydrogen) atoms. The molecule has 3 saturated carbocycles. The monoisotopic (exact) mass is 590 g/mol. The van der Waals surface area contributed by atoms with Crippen LogP contribution >= 0.6 is 0 Å². The zero-order valence-electron chi connectivity index (χ0n) is 25.6. The summed E-state index contributed by atoms with van der Waals surface area (Å²) >= 11 is 0. The van der Waals surface area contributed by atoms with Crippen molar-refractivity contribution in [1.82, 2.24) is 10.6 Å². The highest BCUT2D eigenvalue weighted by Crippen LogP contribution is 2.46. The quantitative estimate of drug-likeness (QED) is 0.181. The average Bonchev–Trinajstić information content (AvgIpc) is 2.94. The van der Waals surface area contributed by atoms with Gasteiger partial charge >= 0.3 is 24.1 Å². The summed E-state index contributed by atoms with van der Waals surface area (Å²) in [4.78, 5) is 48.5. The SMILES string of the molecule is C=CC(=O)OCC1CCC(COC(=O)NCC2(C)CC(NC(=O)OC3CCCCC3OC(=O)C=C)CC(C)(C)C2)CC1. The number of alkyl carbamates (subject to hydrolysis) is 2. The highest BCUT2D eigenvalue weighted by Gasteiger charge is 2.42. The fourth-order valence-electron chi connectivity index (χ4n) is 7.09. The number of ether oxygens (including phenoxy) is 4. The van der Waals surface area contributed by atoms with Crippen molar-refractivity contribution in [2.24, 2.45) is 22.7 Å². The summed E-state index contributed by atoms with van der Waals surface area (Å²) < 4.78 is 21.9. The molecule has 0 aromatic carbocycles. The molecule has 2 amide bonds. The van der Waals surface area contributed by atoms with Crippen LogP contribution in [0.4, 0.5) is 9.59 Å². The van der Waals surface area contributed by atoms with Crippen LogP contribution in [-0.2, 0) is 28.5 Å². The van der Waals surface area contributed by atoms with E-state index >= 15 is 0 Å². The first-order valence-electron chi connectivity index (χ1n) is 15.4. The average molecular weight is 591 g/mol. The van der Waals surface area contributed by atoms with E-state index in [0.29, 0.717) is 50.9 Å². The molecule has 0 aromatic heterocycles. The van der Waals surface area contributed by atoms with Crippen LogP contribution < -0.4 is 10.6 Å². The number of carbonyl (C=O) groups excluding carboxylic acids is 4. The van der Waals surface area contributed by atoms with Gasteiger partial charge in [-0.3, -0.25) is 0 Å². The smallest absolute Gasteiger partial charge is 0.407 e. The number of esters is 2. The molecule has 4 unspecified atom stereocenters. The molecule has 0 spiro atoms. The third-order valence-electron chi connectivity index (χ3n) is 8.80. The number of amides is 2. The maximum Gasteiger partial charge on any atom is 0.407 e. The Morgan fingerprint density at radius 2 is 1.33 bits per heavy atom. The van der Waals surface area contributed by atoms with Crippen molar-refractivity contribution in [2.45, 2.75) is 110 Å². The number of nitrogens with one attached hydrogen (secondary N) is 2. The highest BCUT2D eigenvalue weighted by atomic mass is 16.6. The predicted octanol–water partition coefficient (Wildman–Crippen LogP) is 5.60.